The van der Waals surface area contributed by atoms with Gasteiger partial charge >= 0.3 is 0 Å². The molecule has 2 aliphatic heterocycles. The summed E-state index contributed by atoms with van der Waals surface area (Å²) in [5.74, 6) is -0.303. The molecule has 0 radical (unpaired) electrons. The molecule has 3 rings (SSSR count). The number of hydrogen-bond donors (Lipinski definition) is 1. The normalized spacial score (nSPS) is 26.2. The first kappa shape index (κ1) is 12.4. The lowest BCUT2D eigenvalue weighted by molar-refractivity contribution is 0.318. The molecule has 1 aromatic rings. The number of fused-ring (bicyclic) bond motifs is 1. The van der Waals surface area contributed by atoms with Crippen LogP contribution in [0.15, 0.2) is 12.1 Å². The molecule has 0 amide bonds. The van der Waals surface area contributed by atoms with Gasteiger partial charge in [0.15, 0.2) is 0 Å². The second-order valence-corrected chi connectivity index (χ2v) is 5.53. The van der Waals surface area contributed by atoms with Crippen LogP contribution >= 0.6 is 0 Å². The molecule has 19 heavy (non-hydrogen) atoms. The summed E-state index contributed by atoms with van der Waals surface area (Å²) in [5, 5.41) is 12.4. The summed E-state index contributed by atoms with van der Waals surface area (Å²) in [6, 6.07) is 6.04. The molecule has 2 atom stereocenters. The van der Waals surface area contributed by atoms with Gasteiger partial charge in [-0.1, -0.05) is 0 Å². The molecule has 2 fully saturated rings. The third kappa shape index (κ3) is 2.19. The number of benzene rings is 1. The van der Waals surface area contributed by atoms with E-state index in [2.05, 4.69) is 10.2 Å². The van der Waals surface area contributed by atoms with Crippen LogP contribution in [0.4, 0.5) is 10.1 Å². The van der Waals surface area contributed by atoms with Crippen molar-refractivity contribution in [1.29, 1.82) is 5.26 Å². The number of nitrogens with one attached hydrogen (secondary N) is 1. The van der Waals surface area contributed by atoms with Gasteiger partial charge in [-0.25, -0.2) is 4.39 Å². The first-order valence-corrected chi connectivity index (χ1v) is 6.90. The third-order valence-corrected chi connectivity index (χ3v) is 4.42. The Morgan fingerprint density at radius 3 is 3.00 bits per heavy atom. The van der Waals surface area contributed by atoms with Gasteiger partial charge in [0.2, 0.25) is 0 Å². The molecule has 0 bridgehead atoms. The van der Waals surface area contributed by atoms with Gasteiger partial charge in [-0.2, -0.15) is 5.26 Å². The van der Waals surface area contributed by atoms with Crippen LogP contribution in [0.25, 0.3) is 0 Å². The van der Waals surface area contributed by atoms with Crippen molar-refractivity contribution in [3.05, 3.63) is 29.1 Å². The minimum atomic E-state index is -0.303. The highest BCUT2D eigenvalue weighted by atomic mass is 19.1. The fraction of sp³-hybridized carbons (Fsp3) is 0.533. The van der Waals surface area contributed by atoms with E-state index >= 15 is 0 Å². The van der Waals surface area contributed by atoms with Crippen molar-refractivity contribution in [1.82, 2.24) is 4.90 Å². The largest absolute Gasteiger partial charge is 0.380 e. The number of hydrogen-bond acceptors (Lipinski definition) is 3. The molecular weight excluding hydrogens is 241 g/mol. The zero-order chi connectivity index (χ0) is 13.4. The Labute approximate surface area is 113 Å². The molecule has 0 aliphatic carbocycles. The van der Waals surface area contributed by atoms with Crippen molar-refractivity contribution in [3.63, 3.8) is 0 Å². The fourth-order valence-electron chi connectivity index (χ4n) is 3.34. The first-order valence-electron chi connectivity index (χ1n) is 6.90. The number of rotatable bonds is 2. The lowest BCUT2D eigenvalue weighted by Crippen LogP contribution is -2.34. The van der Waals surface area contributed by atoms with Gasteiger partial charge in [0.05, 0.1) is 11.6 Å². The molecular formula is C15H18FN3. The summed E-state index contributed by atoms with van der Waals surface area (Å²) < 4.78 is 13.8. The minimum Gasteiger partial charge on any atom is -0.380 e. The number of anilines is 1. The lowest BCUT2D eigenvalue weighted by Gasteiger charge is -2.23. The molecule has 100 valence electrons. The maximum atomic E-state index is 13.8. The molecule has 0 saturated carbocycles. The topological polar surface area (TPSA) is 39.1 Å². The molecule has 1 N–H and O–H groups in total. The Balaban J connectivity index is 1.83. The molecule has 0 aromatic heterocycles. The SMILES string of the molecule is Cc1c(F)cc(C#N)cc1NC1CCN2CCCC12. The molecule has 1 aromatic carbocycles. The number of nitrogens with zero attached hydrogens (tertiary/aromatic N) is 2. The highest BCUT2D eigenvalue weighted by Gasteiger charge is 2.37. The van der Waals surface area contributed by atoms with Crippen LogP contribution in [0, 0.1) is 24.1 Å². The maximum absolute atomic E-state index is 13.8. The van der Waals surface area contributed by atoms with Crippen molar-refractivity contribution in [2.45, 2.75) is 38.3 Å². The van der Waals surface area contributed by atoms with Gasteiger partial charge < -0.3 is 5.32 Å². The average Bonchev–Trinajstić information content (AvgIpc) is 2.99. The maximum Gasteiger partial charge on any atom is 0.129 e. The Bertz CT molecular complexity index is 535. The Hall–Kier alpha value is -1.60. The summed E-state index contributed by atoms with van der Waals surface area (Å²) in [6.07, 6.45) is 3.58. The molecule has 2 aliphatic rings. The predicted octanol–water partition coefficient (Wildman–Crippen LogP) is 2.65. The van der Waals surface area contributed by atoms with Crippen LogP contribution in [0.1, 0.15) is 30.4 Å². The van der Waals surface area contributed by atoms with E-state index in [0.717, 1.165) is 18.7 Å². The Morgan fingerprint density at radius 1 is 1.37 bits per heavy atom. The van der Waals surface area contributed by atoms with Crippen LogP contribution in [-0.4, -0.2) is 30.1 Å². The summed E-state index contributed by atoms with van der Waals surface area (Å²) in [7, 11) is 0. The van der Waals surface area contributed by atoms with E-state index in [9.17, 15) is 4.39 Å². The van der Waals surface area contributed by atoms with Crippen LogP contribution in [0.2, 0.25) is 0 Å². The number of nitriles is 1. The van der Waals surface area contributed by atoms with Crippen molar-refractivity contribution in [2.75, 3.05) is 18.4 Å². The quantitative estimate of drug-likeness (QED) is 0.887. The smallest absolute Gasteiger partial charge is 0.129 e. The van der Waals surface area contributed by atoms with Crippen LogP contribution in [-0.2, 0) is 0 Å². The van der Waals surface area contributed by atoms with E-state index in [1.165, 1.54) is 25.5 Å². The van der Waals surface area contributed by atoms with Gasteiger partial charge in [0, 0.05) is 29.9 Å². The third-order valence-electron chi connectivity index (χ3n) is 4.42. The summed E-state index contributed by atoms with van der Waals surface area (Å²) in [4.78, 5) is 2.51. The summed E-state index contributed by atoms with van der Waals surface area (Å²) in [6.45, 7) is 4.08. The standard InChI is InChI=1S/C15H18FN3/c1-10-12(16)7-11(9-17)8-14(10)18-13-4-6-19-5-2-3-15(13)19/h7-8,13,15,18H,2-6H2,1H3. The molecule has 0 spiro atoms. The van der Waals surface area contributed by atoms with Crippen LogP contribution < -0.4 is 5.32 Å². The zero-order valence-corrected chi connectivity index (χ0v) is 11.1. The summed E-state index contributed by atoms with van der Waals surface area (Å²) >= 11 is 0. The first-order chi connectivity index (χ1) is 9.19. The van der Waals surface area contributed by atoms with E-state index in [4.69, 9.17) is 5.26 Å². The monoisotopic (exact) mass is 259 g/mol. The minimum absolute atomic E-state index is 0.303. The molecule has 2 heterocycles. The lowest BCUT2D eigenvalue weighted by atomic mass is 10.0. The van der Waals surface area contributed by atoms with Gasteiger partial charge in [0.25, 0.3) is 0 Å². The van der Waals surface area contributed by atoms with Crippen LogP contribution in [0.5, 0.6) is 0 Å². The van der Waals surface area contributed by atoms with Gasteiger partial charge in [-0.05, 0) is 44.9 Å². The Kier molecular flexibility index (Phi) is 3.16. The van der Waals surface area contributed by atoms with Crippen molar-refractivity contribution in [2.24, 2.45) is 0 Å². The summed E-state index contributed by atoms with van der Waals surface area (Å²) in [5.41, 5.74) is 1.76. The second kappa shape index (κ2) is 4.82. The highest BCUT2D eigenvalue weighted by molar-refractivity contribution is 5.56. The fourth-order valence-corrected chi connectivity index (χ4v) is 3.34. The molecule has 2 saturated heterocycles. The van der Waals surface area contributed by atoms with E-state index in [0.29, 0.717) is 23.2 Å². The van der Waals surface area contributed by atoms with E-state index < -0.39 is 0 Å². The van der Waals surface area contributed by atoms with Gasteiger partial charge in [-0.15, -0.1) is 0 Å². The van der Waals surface area contributed by atoms with E-state index in [1.807, 2.05) is 6.07 Å². The van der Waals surface area contributed by atoms with Gasteiger partial charge in [0.1, 0.15) is 5.82 Å². The average molecular weight is 259 g/mol. The van der Waals surface area contributed by atoms with E-state index in [-0.39, 0.29) is 5.82 Å². The Morgan fingerprint density at radius 2 is 2.21 bits per heavy atom. The second-order valence-electron chi connectivity index (χ2n) is 5.53. The molecule has 4 heteroatoms. The molecule has 2 unspecified atom stereocenters. The zero-order valence-electron chi connectivity index (χ0n) is 11.1. The molecule has 3 nitrogen and oxygen atoms in total. The van der Waals surface area contributed by atoms with Gasteiger partial charge in [-0.3, -0.25) is 4.90 Å². The highest BCUT2D eigenvalue weighted by Crippen LogP contribution is 2.31. The van der Waals surface area contributed by atoms with Crippen molar-refractivity contribution < 1.29 is 4.39 Å². The van der Waals surface area contributed by atoms with Crippen molar-refractivity contribution >= 4 is 5.69 Å². The van der Waals surface area contributed by atoms with E-state index in [1.54, 1.807) is 13.0 Å². The predicted molar refractivity (Wildman–Crippen MR) is 72.5 cm³/mol. The van der Waals surface area contributed by atoms with Crippen LogP contribution in [0.3, 0.4) is 0 Å². The van der Waals surface area contributed by atoms with Crippen molar-refractivity contribution in [3.8, 4) is 6.07 Å². The number of halogens is 1.